The van der Waals surface area contributed by atoms with Crippen molar-refractivity contribution in [3.63, 3.8) is 0 Å². The highest BCUT2D eigenvalue weighted by Crippen LogP contribution is 2.42. The summed E-state index contributed by atoms with van der Waals surface area (Å²) in [5.74, 6) is -2.12. The Morgan fingerprint density at radius 2 is 1.76 bits per heavy atom. The minimum Gasteiger partial charge on any atom is -0.443 e. The summed E-state index contributed by atoms with van der Waals surface area (Å²) in [6, 6.07) is 5.83. The van der Waals surface area contributed by atoms with Gasteiger partial charge in [-0.05, 0) is 77.5 Å². The molecule has 0 heterocycles. The molecule has 1 N–H and O–H groups in total. The number of nitrogens with zero attached hydrogens (tertiary/aromatic N) is 2. The molecule has 5 amide bonds. The SMILES string of the molecule is C=CC[C@H]1Cc2c(C#N)cccc2[C@H]1C(=O)N(C(=O)NC(=O)OC(C)(C)C)C(=O)OC(C)(C)C. The Kier molecular flexibility index (Phi) is 7.88. The van der Waals surface area contributed by atoms with Gasteiger partial charge >= 0.3 is 18.2 Å². The van der Waals surface area contributed by atoms with Crippen LogP contribution in [-0.2, 0) is 20.7 Å². The van der Waals surface area contributed by atoms with Crippen LogP contribution in [0.15, 0.2) is 30.9 Å². The fraction of sp³-hybridized carbons (Fsp3) is 0.480. The van der Waals surface area contributed by atoms with Crippen molar-refractivity contribution in [3.8, 4) is 6.07 Å². The topological polar surface area (TPSA) is 126 Å². The summed E-state index contributed by atoms with van der Waals surface area (Å²) in [7, 11) is 0. The predicted molar refractivity (Wildman–Crippen MR) is 124 cm³/mol. The maximum atomic E-state index is 13.7. The van der Waals surface area contributed by atoms with Crippen LogP contribution >= 0.6 is 0 Å². The van der Waals surface area contributed by atoms with Crippen molar-refractivity contribution in [1.29, 1.82) is 5.26 Å². The predicted octanol–water partition coefficient (Wildman–Crippen LogP) is 4.80. The highest BCUT2D eigenvalue weighted by molar-refractivity contribution is 6.13. The van der Waals surface area contributed by atoms with Crippen LogP contribution in [0, 0.1) is 17.2 Å². The monoisotopic (exact) mass is 469 g/mol. The third kappa shape index (κ3) is 6.44. The van der Waals surface area contributed by atoms with E-state index in [1.54, 1.807) is 65.8 Å². The fourth-order valence-electron chi connectivity index (χ4n) is 3.80. The second-order valence-corrected chi connectivity index (χ2v) is 10.0. The van der Waals surface area contributed by atoms with E-state index >= 15 is 0 Å². The van der Waals surface area contributed by atoms with Crippen LogP contribution in [0.2, 0.25) is 0 Å². The first kappa shape index (κ1) is 26.6. The molecule has 2 rings (SSSR count). The van der Waals surface area contributed by atoms with Crippen LogP contribution < -0.4 is 5.32 Å². The number of nitriles is 1. The van der Waals surface area contributed by atoms with Gasteiger partial charge in [-0.15, -0.1) is 6.58 Å². The molecule has 0 bridgehead atoms. The number of hydrogen-bond acceptors (Lipinski definition) is 7. The first-order valence-electron chi connectivity index (χ1n) is 10.9. The van der Waals surface area contributed by atoms with E-state index in [9.17, 15) is 24.4 Å². The van der Waals surface area contributed by atoms with Crippen LogP contribution in [-0.4, -0.2) is 40.2 Å². The van der Waals surface area contributed by atoms with Gasteiger partial charge < -0.3 is 9.47 Å². The van der Waals surface area contributed by atoms with Crippen molar-refractivity contribution < 1.29 is 28.7 Å². The Labute approximate surface area is 199 Å². The molecule has 1 aliphatic rings. The minimum atomic E-state index is -1.28. The molecule has 34 heavy (non-hydrogen) atoms. The van der Waals surface area contributed by atoms with Gasteiger partial charge in [-0.3, -0.25) is 4.79 Å². The third-order valence-electron chi connectivity index (χ3n) is 4.95. The molecular formula is C25H31N3O6. The maximum Gasteiger partial charge on any atom is 0.425 e. The molecular weight excluding hydrogens is 438 g/mol. The van der Waals surface area contributed by atoms with Crippen molar-refractivity contribution in [2.75, 3.05) is 0 Å². The van der Waals surface area contributed by atoms with Gasteiger partial charge in [0.05, 0.1) is 17.6 Å². The summed E-state index contributed by atoms with van der Waals surface area (Å²) in [6.45, 7) is 13.3. The normalized spacial score (nSPS) is 17.1. The van der Waals surface area contributed by atoms with Crippen molar-refractivity contribution >= 4 is 24.1 Å². The van der Waals surface area contributed by atoms with Gasteiger partial charge in [-0.25, -0.2) is 19.7 Å². The van der Waals surface area contributed by atoms with Crippen LogP contribution in [0.4, 0.5) is 14.4 Å². The van der Waals surface area contributed by atoms with Gasteiger partial charge in [0.2, 0.25) is 5.91 Å². The molecule has 0 spiro atoms. The zero-order valence-corrected chi connectivity index (χ0v) is 20.4. The van der Waals surface area contributed by atoms with Gasteiger partial charge in [0.1, 0.15) is 11.2 Å². The summed E-state index contributed by atoms with van der Waals surface area (Å²) in [6.07, 6.45) is 0.116. The number of carbonyl (C=O) groups is 4. The summed E-state index contributed by atoms with van der Waals surface area (Å²) in [5.41, 5.74) is -0.257. The summed E-state index contributed by atoms with van der Waals surface area (Å²) in [4.78, 5) is 52.1. The lowest BCUT2D eigenvalue weighted by molar-refractivity contribution is -0.130. The molecule has 0 radical (unpaired) electrons. The molecule has 1 aliphatic carbocycles. The summed E-state index contributed by atoms with van der Waals surface area (Å²) in [5, 5.41) is 11.4. The molecule has 9 nitrogen and oxygen atoms in total. The first-order chi connectivity index (χ1) is 15.7. The number of nitrogens with one attached hydrogen (secondary N) is 1. The molecule has 0 aromatic heterocycles. The van der Waals surface area contributed by atoms with Crippen LogP contribution in [0.3, 0.4) is 0 Å². The van der Waals surface area contributed by atoms with E-state index in [1.807, 2.05) is 5.32 Å². The Morgan fingerprint density at radius 1 is 1.15 bits per heavy atom. The lowest BCUT2D eigenvalue weighted by atomic mass is 9.88. The number of amides is 5. The summed E-state index contributed by atoms with van der Waals surface area (Å²) >= 11 is 0. The number of carbonyl (C=O) groups excluding carboxylic acids is 4. The molecule has 9 heteroatoms. The number of benzene rings is 1. The Balaban J connectivity index is 2.49. The molecule has 1 aromatic rings. The van der Waals surface area contributed by atoms with Gasteiger partial charge in [0.15, 0.2) is 0 Å². The smallest absolute Gasteiger partial charge is 0.425 e. The highest BCUT2D eigenvalue weighted by Gasteiger charge is 2.45. The van der Waals surface area contributed by atoms with E-state index in [4.69, 9.17) is 9.47 Å². The summed E-state index contributed by atoms with van der Waals surface area (Å²) < 4.78 is 10.4. The lowest BCUT2D eigenvalue weighted by Gasteiger charge is -2.28. The van der Waals surface area contributed by atoms with E-state index in [0.717, 1.165) is 0 Å². The zero-order valence-electron chi connectivity index (χ0n) is 20.4. The number of imide groups is 4. The van der Waals surface area contributed by atoms with E-state index in [0.29, 0.717) is 34.4 Å². The number of ether oxygens (including phenoxy) is 2. The zero-order chi connectivity index (χ0) is 25.8. The number of hydrogen-bond donors (Lipinski definition) is 1. The van der Waals surface area contributed by atoms with Crippen molar-refractivity contribution in [1.82, 2.24) is 10.2 Å². The molecule has 0 aliphatic heterocycles. The lowest BCUT2D eigenvalue weighted by Crippen LogP contribution is -2.53. The number of urea groups is 1. The molecule has 0 saturated carbocycles. The maximum absolute atomic E-state index is 13.7. The Bertz CT molecular complexity index is 1040. The highest BCUT2D eigenvalue weighted by atomic mass is 16.6. The number of rotatable bonds is 3. The minimum absolute atomic E-state index is 0.296. The van der Waals surface area contributed by atoms with Gasteiger partial charge in [0.25, 0.3) is 0 Å². The van der Waals surface area contributed by atoms with E-state index < -0.39 is 41.2 Å². The number of fused-ring (bicyclic) bond motifs is 1. The molecule has 1 aromatic carbocycles. The van der Waals surface area contributed by atoms with Crippen LogP contribution in [0.5, 0.6) is 0 Å². The standard InChI is InChI=1S/C25H31N3O6/c1-8-10-15-13-18-16(14-26)11-9-12-17(18)19(15)20(29)28(23(32)34-25(5,6)7)21(30)27-22(31)33-24(2,3)4/h8-9,11-12,15,19H,1,10,13H2,2-7H3,(H,27,30,31)/t15-,19-/m0/s1. The van der Waals surface area contributed by atoms with Gasteiger partial charge in [-0.2, -0.15) is 10.2 Å². The quantitative estimate of drug-likeness (QED) is 0.630. The van der Waals surface area contributed by atoms with Crippen molar-refractivity contribution in [2.45, 2.75) is 71.5 Å². The van der Waals surface area contributed by atoms with Gasteiger partial charge in [0, 0.05) is 0 Å². The molecule has 0 saturated heterocycles. The van der Waals surface area contributed by atoms with Crippen LogP contribution in [0.25, 0.3) is 0 Å². The average Bonchev–Trinajstić information content (AvgIpc) is 3.03. The number of allylic oxidation sites excluding steroid dienone is 1. The second kappa shape index (κ2) is 10.1. The molecule has 2 atom stereocenters. The average molecular weight is 470 g/mol. The van der Waals surface area contributed by atoms with Crippen LogP contribution in [0.1, 0.15) is 70.6 Å². The molecule has 0 fully saturated rings. The van der Waals surface area contributed by atoms with E-state index in [-0.39, 0.29) is 5.92 Å². The van der Waals surface area contributed by atoms with Gasteiger partial charge in [-0.1, -0.05) is 18.2 Å². The number of alkyl carbamates (subject to hydrolysis) is 1. The van der Waals surface area contributed by atoms with E-state index in [2.05, 4.69) is 12.6 Å². The van der Waals surface area contributed by atoms with E-state index in [1.165, 1.54) is 0 Å². The molecule has 0 unspecified atom stereocenters. The second-order valence-electron chi connectivity index (χ2n) is 10.0. The van der Waals surface area contributed by atoms with Crippen molar-refractivity contribution in [3.05, 3.63) is 47.5 Å². The molecule has 182 valence electrons. The Hall–Kier alpha value is -3.67. The first-order valence-corrected chi connectivity index (χ1v) is 10.9. The van der Waals surface area contributed by atoms with Crippen molar-refractivity contribution in [2.24, 2.45) is 5.92 Å². The largest absolute Gasteiger partial charge is 0.443 e. The third-order valence-corrected chi connectivity index (χ3v) is 4.95. The fourth-order valence-corrected chi connectivity index (χ4v) is 3.80. The Morgan fingerprint density at radius 3 is 2.29 bits per heavy atom.